The SMILES string of the molecule is Nc1ccccc1[C@H](O)C(F)(F)F. The molecule has 0 fully saturated rings. The summed E-state index contributed by atoms with van der Waals surface area (Å²) in [5.74, 6) is 0. The van der Waals surface area contributed by atoms with Gasteiger partial charge in [0.2, 0.25) is 0 Å². The first kappa shape index (κ1) is 9.85. The van der Waals surface area contributed by atoms with Crippen molar-refractivity contribution in [1.82, 2.24) is 0 Å². The first-order valence-electron chi connectivity index (χ1n) is 3.52. The van der Waals surface area contributed by atoms with Crippen LogP contribution in [0, 0.1) is 0 Å². The van der Waals surface area contributed by atoms with Gasteiger partial charge in [0, 0.05) is 11.3 Å². The van der Waals surface area contributed by atoms with Gasteiger partial charge in [-0.05, 0) is 6.07 Å². The van der Waals surface area contributed by atoms with E-state index in [0.717, 1.165) is 6.07 Å². The molecule has 13 heavy (non-hydrogen) atoms. The van der Waals surface area contributed by atoms with Crippen LogP contribution >= 0.6 is 0 Å². The van der Waals surface area contributed by atoms with Gasteiger partial charge in [-0.3, -0.25) is 0 Å². The molecule has 0 amide bonds. The van der Waals surface area contributed by atoms with E-state index < -0.39 is 12.3 Å². The Balaban J connectivity index is 3.02. The molecule has 0 saturated heterocycles. The number of benzene rings is 1. The van der Waals surface area contributed by atoms with Crippen molar-refractivity contribution in [3.05, 3.63) is 29.8 Å². The lowest BCUT2D eigenvalue weighted by Gasteiger charge is -2.16. The van der Waals surface area contributed by atoms with Crippen molar-refractivity contribution in [2.75, 3.05) is 5.73 Å². The number of alkyl halides is 3. The normalized spacial score (nSPS) is 14.2. The molecule has 0 saturated carbocycles. The van der Waals surface area contributed by atoms with Crippen LogP contribution in [0.2, 0.25) is 0 Å². The summed E-state index contributed by atoms with van der Waals surface area (Å²) in [4.78, 5) is 0. The minimum atomic E-state index is -4.67. The van der Waals surface area contributed by atoms with Gasteiger partial charge in [-0.25, -0.2) is 0 Å². The van der Waals surface area contributed by atoms with Crippen molar-refractivity contribution >= 4 is 5.69 Å². The number of halogens is 3. The van der Waals surface area contributed by atoms with Gasteiger partial charge >= 0.3 is 6.18 Å². The lowest BCUT2D eigenvalue weighted by atomic mass is 10.1. The molecular formula is C8H8F3NO. The molecule has 72 valence electrons. The molecule has 3 N–H and O–H groups in total. The molecule has 0 spiro atoms. The molecule has 1 aromatic carbocycles. The second kappa shape index (κ2) is 3.26. The van der Waals surface area contributed by atoms with Crippen molar-refractivity contribution < 1.29 is 18.3 Å². The molecule has 5 heteroatoms. The molecule has 0 aromatic heterocycles. The van der Waals surface area contributed by atoms with E-state index in [4.69, 9.17) is 10.8 Å². The number of aliphatic hydroxyl groups excluding tert-OH is 1. The minimum Gasteiger partial charge on any atom is -0.398 e. The highest BCUT2D eigenvalue weighted by molar-refractivity contribution is 5.47. The number of anilines is 1. The molecule has 2 nitrogen and oxygen atoms in total. The maximum atomic E-state index is 12.0. The predicted molar refractivity (Wildman–Crippen MR) is 41.9 cm³/mol. The monoisotopic (exact) mass is 191 g/mol. The van der Waals surface area contributed by atoms with Crippen molar-refractivity contribution in [2.45, 2.75) is 12.3 Å². The second-order valence-corrected chi connectivity index (χ2v) is 2.57. The number of para-hydroxylation sites is 1. The predicted octanol–water partition coefficient (Wildman–Crippen LogP) is 1.86. The van der Waals surface area contributed by atoms with Gasteiger partial charge < -0.3 is 10.8 Å². The highest BCUT2D eigenvalue weighted by atomic mass is 19.4. The fourth-order valence-electron chi connectivity index (χ4n) is 0.936. The average molecular weight is 191 g/mol. The van der Waals surface area contributed by atoms with Crippen molar-refractivity contribution in [3.63, 3.8) is 0 Å². The second-order valence-electron chi connectivity index (χ2n) is 2.57. The molecule has 1 aromatic rings. The third kappa shape index (κ3) is 2.12. The quantitative estimate of drug-likeness (QED) is 0.665. The standard InChI is InChI=1S/C8H8F3NO/c9-8(10,11)7(13)5-3-1-2-4-6(5)12/h1-4,7,13H,12H2/t7-/m0/s1. The van der Waals surface area contributed by atoms with E-state index in [1.54, 1.807) is 0 Å². The fraction of sp³-hybridized carbons (Fsp3) is 0.250. The lowest BCUT2D eigenvalue weighted by Crippen LogP contribution is -2.21. The molecule has 0 unspecified atom stereocenters. The third-order valence-electron chi connectivity index (χ3n) is 1.60. The zero-order valence-corrected chi connectivity index (χ0v) is 6.55. The number of hydrogen-bond donors (Lipinski definition) is 2. The summed E-state index contributed by atoms with van der Waals surface area (Å²) < 4.78 is 36.0. The first-order chi connectivity index (χ1) is 5.93. The summed E-state index contributed by atoms with van der Waals surface area (Å²) in [6.07, 6.45) is -7.18. The van der Waals surface area contributed by atoms with Crippen molar-refractivity contribution in [2.24, 2.45) is 0 Å². The zero-order chi connectivity index (χ0) is 10.1. The molecule has 0 aliphatic carbocycles. The maximum absolute atomic E-state index is 12.0. The number of aliphatic hydroxyl groups is 1. The van der Waals surface area contributed by atoms with Crippen LogP contribution in [-0.2, 0) is 0 Å². The Kier molecular flexibility index (Phi) is 2.47. The van der Waals surface area contributed by atoms with E-state index in [0.29, 0.717) is 0 Å². The summed E-state index contributed by atoms with van der Waals surface area (Å²) in [5.41, 5.74) is 4.89. The van der Waals surface area contributed by atoms with Gasteiger partial charge in [0.25, 0.3) is 0 Å². The van der Waals surface area contributed by atoms with Crippen LogP contribution in [0.1, 0.15) is 11.7 Å². The lowest BCUT2D eigenvalue weighted by molar-refractivity contribution is -0.206. The number of nitrogens with two attached hydrogens (primary N) is 1. The molecule has 0 bridgehead atoms. The van der Waals surface area contributed by atoms with Crippen LogP contribution < -0.4 is 5.73 Å². The van der Waals surface area contributed by atoms with E-state index in [1.165, 1.54) is 18.2 Å². The average Bonchev–Trinajstić information content (AvgIpc) is 2.02. The van der Waals surface area contributed by atoms with Crippen LogP contribution in [-0.4, -0.2) is 11.3 Å². The zero-order valence-electron chi connectivity index (χ0n) is 6.55. The Morgan fingerprint density at radius 1 is 1.23 bits per heavy atom. The van der Waals surface area contributed by atoms with Crippen LogP contribution in [0.25, 0.3) is 0 Å². The Bertz CT molecular complexity index is 298. The van der Waals surface area contributed by atoms with E-state index in [1.807, 2.05) is 0 Å². The van der Waals surface area contributed by atoms with Gasteiger partial charge in [0.1, 0.15) is 0 Å². The smallest absolute Gasteiger partial charge is 0.398 e. The summed E-state index contributed by atoms with van der Waals surface area (Å²) >= 11 is 0. The minimum absolute atomic E-state index is 0.0627. The van der Waals surface area contributed by atoms with Gasteiger partial charge in [-0.15, -0.1) is 0 Å². The largest absolute Gasteiger partial charge is 0.418 e. The number of nitrogen functional groups attached to an aromatic ring is 1. The van der Waals surface area contributed by atoms with Gasteiger partial charge in [-0.1, -0.05) is 18.2 Å². The van der Waals surface area contributed by atoms with Crippen molar-refractivity contribution in [3.8, 4) is 0 Å². The summed E-state index contributed by atoms with van der Waals surface area (Å²) in [5, 5.41) is 8.83. The first-order valence-corrected chi connectivity index (χ1v) is 3.52. The Hall–Kier alpha value is -1.23. The molecule has 1 rings (SSSR count). The number of hydrogen-bond acceptors (Lipinski definition) is 2. The van der Waals surface area contributed by atoms with E-state index in [-0.39, 0.29) is 11.3 Å². The molecule has 0 heterocycles. The highest BCUT2D eigenvalue weighted by Gasteiger charge is 2.40. The van der Waals surface area contributed by atoms with Crippen LogP contribution in [0.4, 0.5) is 18.9 Å². The maximum Gasteiger partial charge on any atom is 0.418 e. The van der Waals surface area contributed by atoms with Crippen LogP contribution in [0.15, 0.2) is 24.3 Å². The Morgan fingerprint density at radius 2 is 1.77 bits per heavy atom. The molecule has 0 radical (unpaired) electrons. The van der Waals surface area contributed by atoms with E-state index in [9.17, 15) is 13.2 Å². The fourth-order valence-corrected chi connectivity index (χ4v) is 0.936. The summed E-state index contributed by atoms with van der Waals surface area (Å²) in [6, 6.07) is 5.35. The third-order valence-corrected chi connectivity index (χ3v) is 1.60. The van der Waals surface area contributed by atoms with Gasteiger partial charge in [-0.2, -0.15) is 13.2 Å². The topological polar surface area (TPSA) is 46.2 Å². The highest BCUT2D eigenvalue weighted by Crippen LogP contribution is 2.34. The van der Waals surface area contributed by atoms with Gasteiger partial charge in [0.05, 0.1) is 0 Å². The van der Waals surface area contributed by atoms with Crippen LogP contribution in [0.3, 0.4) is 0 Å². The van der Waals surface area contributed by atoms with Crippen LogP contribution in [0.5, 0.6) is 0 Å². The molecular weight excluding hydrogens is 183 g/mol. The Labute approximate surface area is 72.8 Å². The molecule has 0 aliphatic heterocycles. The number of rotatable bonds is 1. The van der Waals surface area contributed by atoms with Gasteiger partial charge in [0.15, 0.2) is 6.10 Å². The Morgan fingerprint density at radius 3 is 2.23 bits per heavy atom. The molecule has 1 atom stereocenters. The van der Waals surface area contributed by atoms with E-state index >= 15 is 0 Å². The molecule has 0 aliphatic rings. The summed E-state index contributed by atoms with van der Waals surface area (Å²) in [6.45, 7) is 0. The van der Waals surface area contributed by atoms with Crippen molar-refractivity contribution in [1.29, 1.82) is 0 Å². The van der Waals surface area contributed by atoms with E-state index in [2.05, 4.69) is 0 Å². The summed E-state index contributed by atoms with van der Waals surface area (Å²) in [7, 11) is 0.